The van der Waals surface area contributed by atoms with Gasteiger partial charge in [0.25, 0.3) is 5.56 Å². The van der Waals surface area contributed by atoms with Crippen LogP contribution in [0, 0.1) is 0 Å². The molecule has 1 unspecified atom stereocenters. The van der Waals surface area contributed by atoms with Crippen LogP contribution in [0.2, 0.25) is 0 Å². The number of thiophene rings is 1. The molecule has 33 heavy (non-hydrogen) atoms. The number of aromatic nitrogens is 2. The van der Waals surface area contributed by atoms with Gasteiger partial charge >= 0.3 is 0 Å². The van der Waals surface area contributed by atoms with E-state index in [1.807, 2.05) is 24.0 Å². The molecule has 2 aromatic heterocycles. The molecule has 1 fully saturated rings. The molecular weight excluding hydrogens is 454 g/mol. The minimum Gasteiger partial charge on any atom is -0.494 e. The van der Waals surface area contributed by atoms with Crippen molar-refractivity contribution in [2.24, 2.45) is 0 Å². The Labute approximate surface area is 201 Å². The molecule has 0 bridgehead atoms. The van der Waals surface area contributed by atoms with Gasteiger partial charge in [0.2, 0.25) is 5.91 Å². The number of amides is 1. The summed E-state index contributed by atoms with van der Waals surface area (Å²) in [5.41, 5.74) is 2.34. The van der Waals surface area contributed by atoms with Crippen LogP contribution in [-0.2, 0) is 23.4 Å². The zero-order valence-corrected chi connectivity index (χ0v) is 20.5. The molecule has 1 aromatic carbocycles. The fourth-order valence-electron chi connectivity index (χ4n) is 4.96. The number of carbonyl (C=O) groups excluding carboxylic acids is 1. The number of benzene rings is 1. The normalized spacial score (nSPS) is 18.0. The Morgan fingerprint density at radius 2 is 2.06 bits per heavy atom. The van der Waals surface area contributed by atoms with Crippen molar-refractivity contribution in [3.05, 3.63) is 56.4 Å². The minimum atomic E-state index is -0.0311. The fraction of sp³-hybridized carbons (Fsp3) is 0.480. The van der Waals surface area contributed by atoms with Gasteiger partial charge in [-0.05, 0) is 68.7 Å². The number of likely N-dealkylation sites (tertiary alicyclic amines) is 1. The van der Waals surface area contributed by atoms with Gasteiger partial charge in [-0.25, -0.2) is 4.98 Å². The van der Waals surface area contributed by atoms with Crippen LogP contribution in [0.1, 0.15) is 60.5 Å². The average molecular weight is 484 g/mol. The maximum Gasteiger partial charge on any atom is 0.259 e. The molecule has 1 aliphatic carbocycles. The molecule has 1 N–H and O–H groups in total. The van der Waals surface area contributed by atoms with Gasteiger partial charge in [0.15, 0.2) is 0 Å². The van der Waals surface area contributed by atoms with Crippen molar-refractivity contribution in [1.29, 1.82) is 0 Å². The first-order valence-electron chi connectivity index (χ1n) is 11.8. The summed E-state index contributed by atoms with van der Waals surface area (Å²) in [5.74, 6) is 2.58. The second kappa shape index (κ2) is 9.89. The van der Waals surface area contributed by atoms with Crippen molar-refractivity contribution in [3.8, 4) is 5.75 Å². The summed E-state index contributed by atoms with van der Waals surface area (Å²) in [7, 11) is 0. The highest BCUT2D eigenvalue weighted by Gasteiger charge is 2.29. The molecular formula is C25H29N3O3S2. The fourth-order valence-corrected chi connectivity index (χ4v) is 7.01. The molecule has 6 nitrogen and oxygen atoms in total. The molecule has 174 valence electrons. The monoisotopic (exact) mass is 483 g/mol. The van der Waals surface area contributed by atoms with Crippen LogP contribution in [0.25, 0.3) is 10.2 Å². The summed E-state index contributed by atoms with van der Waals surface area (Å²) in [6, 6.07) is 8.22. The third-order valence-corrected chi connectivity index (χ3v) is 8.60. The van der Waals surface area contributed by atoms with E-state index >= 15 is 0 Å². The molecule has 2 aliphatic rings. The molecule has 1 aliphatic heterocycles. The molecule has 0 spiro atoms. The van der Waals surface area contributed by atoms with Crippen LogP contribution in [0.4, 0.5) is 0 Å². The summed E-state index contributed by atoms with van der Waals surface area (Å²) in [4.78, 5) is 37.6. The Bertz CT molecular complexity index is 1200. The van der Waals surface area contributed by atoms with E-state index in [1.165, 1.54) is 28.6 Å². The average Bonchev–Trinajstić information content (AvgIpc) is 3.45. The van der Waals surface area contributed by atoms with Crippen LogP contribution >= 0.6 is 23.1 Å². The summed E-state index contributed by atoms with van der Waals surface area (Å²) < 4.78 is 5.54. The Kier molecular flexibility index (Phi) is 6.74. The smallest absolute Gasteiger partial charge is 0.259 e. The number of rotatable bonds is 7. The van der Waals surface area contributed by atoms with Gasteiger partial charge in [-0.1, -0.05) is 12.1 Å². The third kappa shape index (κ3) is 4.68. The maximum absolute atomic E-state index is 13.0. The van der Waals surface area contributed by atoms with Gasteiger partial charge in [0.05, 0.1) is 29.5 Å². The topological polar surface area (TPSA) is 75.3 Å². The van der Waals surface area contributed by atoms with Gasteiger partial charge in [0, 0.05) is 11.4 Å². The van der Waals surface area contributed by atoms with Gasteiger partial charge in [-0.2, -0.15) is 0 Å². The highest BCUT2D eigenvalue weighted by molar-refractivity contribution is 7.99. The lowest BCUT2D eigenvalue weighted by Crippen LogP contribution is -2.32. The van der Waals surface area contributed by atoms with E-state index in [4.69, 9.17) is 9.72 Å². The SMILES string of the molecule is CCOc1ccc(C2CCCN2C(=O)CSCc2nc3sc4c(c3c(=O)[nH]2)CCCC4)cc1. The number of hydrogen-bond donors (Lipinski definition) is 1. The second-order valence-corrected chi connectivity index (χ2v) is 10.7. The number of H-pyrrole nitrogens is 1. The summed E-state index contributed by atoms with van der Waals surface area (Å²) >= 11 is 3.19. The number of hydrogen-bond acceptors (Lipinski definition) is 6. The number of nitrogens with zero attached hydrogens (tertiary/aromatic N) is 2. The number of carbonyl (C=O) groups is 1. The van der Waals surface area contributed by atoms with Crippen molar-refractivity contribution < 1.29 is 9.53 Å². The van der Waals surface area contributed by atoms with Crippen molar-refractivity contribution in [2.45, 2.75) is 57.2 Å². The quantitative estimate of drug-likeness (QED) is 0.519. The lowest BCUT2D eigenvalue weighted by Gasteiger charge is -2.25. The van der Waals surface area contributed by atoms with E-state index in [0.29, 0.717) is 23.9 Å². The number of thioether (sulfide) groups is 1. The minimum absolute atomic E-state index is 0.0311. The molecule has 3 heterocycles. The van der Waals surface area contributed by atoms with Gasteiger partial charge in [-0.15, -0.1) is 23.1 Å². The Morgan fingerprint density at radius 3 is 2.88 bits per heavy atom. The van der Waals surface area contributed by atoms with Gasteiger partial charge in [-0.3, -0.25) is 9.59 Å². The van der Waals surface area contributed by atoms with Crippen LogP contribution in [-0.4, -0.2) is 39.7 Å². The molecule has 3 aromatic rings. The van der Waals surface area contributed by atoms with E-state index in [-0.39, 0.29) is 17.5 Å². The first kappa shape index (κ1) is 22.5. The molecule has 1 amide bonds. The summed E-state index contributed by atoms with van der Waals surface area (Å²) in [6.45, 7) is 3.41. The highest BCUT2D eigenvalue weighted by atomic mass is 32.2. The summed E-state index contributed by atoms with van der Waals surface area (Å²) in [6.07, 6.45) is 6.37. The summed E-state index contributed by atoms with van der Waals surface area (Å²) in [5, 5.41) is 0.787. The van der Waals surface area contributed by atoms with Crippen molar-refractivity contribution in [2.75, 3.05) is 18.9 Å². The number of nitrogens with one attached hydrogen (secondary N) is 1. The maximum atomic E-state index is 13.0. The first-order valence-corrected chi connectivity index (χ1v) is 13.7. The van der Waals surface area contributed by atoms with Gasteiger partial charge < -0.3 is 14.6 Å². The lowest BCUT2D eigenvalue weighted by molar-refractivity contribution is -0.129. The zero-order valence-electron chi connectivity index (χ0n) is 18.9. The largest absolute Gasteiger partial charge is 0.494 e. The van der Waals surface area contributed by atoms with Crippen LogP contribution in [0.5, 0.6) is 5.75 Å². The highest BCUT2D eigenvalue weighted by Crippen LogP contribution is 2.35. The van der Waals surface area contributed by atoms with E-state index in [0.717, 1.165) is 60.2 Å². The standard InChI is InChI=1S/C25H29N3O3S2/c1-2-31-17-11-9-16(10-12-17)19-7-5-13-28(19)22(29)15-32-14-21-26-24(30)23-18-6-3-4-8-20(18)33-25(23)27-21/h9-12,19H,2-8,13-15H2,1H3,(H,26,27,30). The van der Waals surface area contributed by atoms with Crippen LogP contribution < -0.4 is 10.3 Å². The Morgan fingerprint density at radius 1 is 1.24 bits per heavy atom. The predicted molar refractivity (Wildman–Crippen MR) is 134 cm³/mol. The number of aromatic amines is 1. The molecule has 8 heteroatoms. The van der Waals surface area contributed by atoms with Crippen molar-refractivity contribution in [3.63, 3.8) is 0 Å². The molecule has 0 radical (unpaired) electrons. The molecule has 1 saturated heterocycles. The van der Waals surface area contributed by atoms with Crippen molar-refractivity contribution in [1.82, 2.24) is 14.9 Å². The van der Waals surface area contributed by atoms with Crippen molar-refractivity contribution >= 4 is 39.2 Å². The number of aryl methyl sites for hydroxylation is 2. The van der Waals surface area contributed by atoms with E-state index < -0.39 is 0 Å². The van der Waals surface area contributed by atoms with Gasteiger partial charge in [0.1, 0.15) is 16.4 Å². The second-order valence-electron chi connectivity index (χ2n) is 8.64. The van der Waals surface area contributed by atoms with E-state index in [1.54, 1.807) is 11.3 Å². The van der Waals surface area contributed by atoms with E-state index in [9.17, 15) is 9.59 Å². The molecule has 1 atom stereocenters. The predicted octanol–water partition coefficient (Wildman–Crippen LogP) is 4.86. The third-order valence-electron chi connectivity index (χ3n) is 6.49. The Hall–Kier alpha value is -2.32. The van der Waals surface area contributed by atoms with Crippen LogP contribution in [0.15, 0.2) is 29.1 Å². The Balaban J connectivity index is 1.22. The van der Waals surface area contributed by atoms with Crippen LogP contribution in [0.3, 0.4) is 0 Å². The number of fused-ring (bicyclic) bond motifs is 3. The first-order chi connectivity index (χ1) is 16.1. The molecule has 0 saturated carbocycles. The lowest BCUT2D eigenvalue weighted by atomic mass is 9.97. The number of ether oxygens (including phenoxy) is 1. The van der Waals surface area contributed by atoms with E-state index in [2.05, 4.69) is 17.1 Å². The molecule has 5 rings (SSSR count). The zero-order chi connectivity index (χ0) is 22.8.